The van der Waals surface area contributed by atoms with Crippen LogP contribution in [0.3, 0.4) is 0 Å². The van der Waals surface area contributed by atoms with Crippen molar-refractivity contribution in [3.05, 3.63) is 87.9 Å². The highest BCUT2D eigenvalue weighted by Gasteiger charge is 2.26. The van der Waals surface area contributed by atoms with Gasteiger partial charge >= 0.3 is 6.55 Å². The zero-order valence-corrected chi connectivity index (χ0v) is 23.9. The predicted molar refractivity (Wildman–Crippen MR) is 155 cm³/mol. The van der Waals surface area contributed by atoms with Gasteiger partial charge in [0.15, 0.2) is 5.15 Å². The minimum Gasteiger partial charge on any atom is -0.323 e. The van der Waals surface area contributed by atoms with Crippen LogP contribution in [-0.4, -0.2) is 45.2 Å². The molecule has 0 saturated heterocycles. The van der Waals surface area contributed by atoms with Crippen LogP contribution in [-0.2, 0) is 4.79 Å². The smallest absolute Gasteiger partial charge is 0.323 e. The van der Waals surface area contributed by atoms with Crippen molar-refractivity contribution in [2.24, 2.45) is 5.92 Å². The third-order valence-electron chi connectivity index (χ3n) is 7.52. The lowest BCUT2D eigenvalue weighted by atomic mass is 9.95. The minimum atomic E-state index is -2.95. The number of alkyl halides is 2. The van der Waals surface area contributed by atoms with Crippen LogP contribution in [0.15, 0.2) is 66.1 Å². The van der Waals surface area contributed by atoms with E-state index >= 15 is 0 Å². The van der Waals surface area contributed by atoms with Crippen molar-refractivity contribution in [2.45, 2.75) is 45.7 Å². The highest BCUT2D eigenvalue weighted by Crippen LogP contribution is 2.34. The third kappa shape index (κ3) is 5.55. The molecule has 11 nitrogen and oxygen atoms in total. The number of nitrogens with zero attached hydrogens (tertiary/aromatic N) is 8. The first-order valence-corrected chi connectivity index (χ1v) is 14.0. The quantitative estimate of drug-likeness (QED) is 0.288. The minimum absolute atomic E-state index is 0.0160. The lowest BCUT2D eigenvalue weighted by molar-refractivity contribution is -0.119. The summed E-state index contributed by atoms with van der Waals surface area (Å²) in [6.07, 6.45) is 7.37. The molecule has 4 aromatic heterocycles. The van der Waals surface area contributed by atoms with Crippen molar-refractivity contribution < 1.29 is 13.6 Å². The SMILES string of the molecule is Cc1ccc(-n2cc(Cl)nn2)c(-c2cc(=O)n([C@H]3CCC[C@@H](C)C(=O)Nc4cnn(C(F)F)c4-c4cc3ccn4)cn2)c1. The summed E-state index contributed by atoms with van der Waals surface area (Å²) < 4.78 is 31.4. The van der Waals surface area contributed by atoms with Gasteiger partial charge in [0.1, 0.15) is 5.69 Å². The number of benzene rings is 1. The lowest BCUT2D eigenvalue weighted by Gasteiger charge is -2.23. The normalized spacial score (nSPS) is 17.2. The molecule has 1 aliphatic rings. The molecule has 1 N–H and O–H groups in total. The summed E-state index contributed by atoms with van der Waals surface area (Å²) in [4.78, 5) is 35.6. The number of fused-ring (bicyclic) bond motifs is 4. The molecule has 43 heavy (non-hydrogen) atoms. The molecule has 0 radical (unpaired) electrons. The molecule has 14 heteroatoms. The van der Waals surface area contributed by atoms with Crippen LogP contribution in [0.5, 0.6) is 0 Å². The van der Waals surface area contributed by atoms with E-state index in [2.05, 4.69) is 30.7 Å². The van der Waals surface area contributed by atoms with E-state index in [4.69, 9.17) is 11.6 Å². The summed E-state index contributed by atoms with van der Waals surface area (Å²) in [5.41, 5.74) is 3.41. The van der Waals surface area contributed by atoms with Crippen LogP contribution >= 0.6 is 11.6 Å². The van der Waals surface area contributed by atoms with Gasteiger partial charge in [0.05, 0.1) is 47.5 Å². The second-order valence-electron chi connectivity index (χ2n) is 10.5. The van der Waals surface area contributed by atoms with Crippen LogP contribution in [0.25, 0.3) is 28.3 Å². The Kier molecular flexibility index (Phi) is 7.57. The number of aryl methyl sites for hydroxylation is 1. The number of pyridine rings is 1. The van der Waals surface area contributed by atoms with Gasteiger partial charge in [-0.25, -0.2) is 9.67 Å². The van der Waals surface area contributed by atoms with Crippen LogP contribution in [0.4, 0.5) is 14.5 Å². The monoisotopic (exact) mass is 605 g/mol. The molecule has 220 valence electrons. The van der Waals surface area contributed by atoms with Gasteiger partial charge in [0, 0.05) is 23.7 Å². The Morgan fingerprint density at radius 1 is 1.07 bits per heavy atom. The van der Waals surface area contributed by atoms with E-state index in [1.54, 1.807) is 25.3 Å². The van der Waals surface area contributed by atoms with Crippen molar-refractivity contribution in [1.82, 2.24) is 39.3 Å². The van der Waals surface area contributed by atoms with E-state index in [1.807, 2.05) is 25.1 Å². The van der Waals surface area contributed by atoms with Crippen molar-refractivity contribution in [2.75, 3.05) is 5.32 Å². The Labute approximate surface area is 249 Å². The Bertz CT molecular complexity index is 1880. The number of carbonyl (C=O) groups is 1. The molecule has 1 amide bonds. The van der Waals surface area contributed by atoms with E-state index in [9.17, 15) is 18.4 Å². The molecule has 0 spiro atoms. The van der Waals surface area contributed by atoms with Crippen LogP contribution in [0.1, 0.15) is 49.9 Å². The van der Waals surface area contributed by atoms with E-state index in [-0.39, 0.29) is 33.7 Å². The third-order valence-corrected chi connectivity index (χ3v) is 7.70. The maximum atomic E-state index is 13.9. The number of halogens is 3. The Morgan fingerprint density at radius 2 is 1.91 bits per heavy atom. The molecule has 2 bridgehead atoms. The molecule has 6 rings (SSSR count). The van der Waals surface area contributed by atoms with Crippen molar-refractivity contribution in [3.63, 3.8) is 0 Å². The standard InChI is InChI=1S/C29H26ClF2N9O2/c1-16-6-7-24(40-14-25(30)37-38-40)19(10-16)20-12-26(42)39(15-34-20)23-5-3-4-17(2)28(43)36-22-13-35-41(29(31)32)27(22)21-11-18(23)8-9-33-21/h6-15,17,23,29H,3-5H2,1-2H3,(H,36,43)/t17-,23+/m1/s1. The number of amides is 1. The zero-order chi connectivity index (χ0) is 30.2. The average molecular weight is 606 g/mol. The van der Waals surface area contributed by atoms with Crippen LogP contribution in [0.2, 0.25) is 5.15 Å². The molecule has 1 aliphatic heterocycles. The van der Waals surface area contributed by atoms with Gasteiger partial charge in [-0.3, -0.25) is 19.1 Å². The molecule has 0 aliphatic carbocycles. The summed E-state index contributed by atoms with van der Waals surface area (Å²) in [5, 5.41) is 14.7. The molecule has 2 atom stereocenters. The van der Waals surface area contributed by atoms with Gasteiger partial charge in [-0.05, 0) is 49.6 Å². The van der Waals surface area contributed by atoms with E-state index in [0.717, 1.165) is 5.56 Å². The molecule has 5 heterocycles. The maximum Gasteiger partial charge on any atom is 0.333 e. The lowest BCUT2D eigenvalue weighted by Crippen LogP contribution is -2.26. The van der Waals surface area contributed by atoms with Crippen LogP contribution in [0, 0.1) is 12.8 Å². The fourth-order valence-corrected chi connectivity index (χ4v) is 5.45. The second-order valence-corrected chi connectivity index (χ2v) is 10.9. The number of nitrogens with one attached hydrogen (secondary N) is 1. The first-order chi connectivity index (χ1) is 20.7. The number of carbonyl (C=O) groups excluding carboxylic acids is 1. The van der Waals surface area contributed by atoms with E-state index in [1.165, 1.54) is 34.0 Å². The average Bonchev–Trinajstić information content (AvgIpc) is 3.61. The van der Waals surface area contributed by atoms with Gasteiger partial charge in [-0.1, -0.05) is 41.8 Å². The summed E-state index contributed by atoms with van der Waals surface area (Å²) in [5.74, 6) is -0.717. The summed E-state index contributed by atoms with van der Waals surface area (Å²) >= 11 is 6.00. The zero-order valence-electron chi connectivity index (χ0n) is 23.2. The fraction of sp³-hybridized carbons (Fsp3) is 0.276. The van der Waals surface area contributed by atoms with Crippen molar-refractivity contribution >= 4 is 23.2 Å². The maximum absolute atomic E-state index is 13.9. The summed E-state index contributed by atoms with van der Waals surface area (Å²) in [7, 11) is 0. The fourth-order valence-electron chi connectivity index (χ4n) is 5.32. The van der Waals surface area contributed by atoms with Gasteiger partial charge in [-0.15, -0.1) is 5.10 Å². The first-order valence-electron chi connectivity index (χ1n) is 13.6. The number of anilines is 1. The van der Waals surface area contributed by atoms with Gasteiger partial charge in [0.25, 0.3) is 5.56 Å². The summed E-state index contributed by atoms with van der Waals surface area (Å²) in [6, 6.07) is 10.0. The molecule has 0 saturated carbocycles. The van der Waals surface area contributed by atoms with Gasteiger partial charge in [-0.2, -0.15) is 18.6 Å². The number of hydrogen-bond acceptors (Lipinski definition) is 7. The van der Waals surface area contributed by atoms with Gasteiger partial charge < -0.3 is 5.32 Å². The molecule has 0 unspecified atom stereocenters. The van der Waals surface area contributed by atoms with Gasteiger partial charge in [0.2, 0.25) is 5.91 Å². The first kappa shape index (κ1) is 28.3. The molecular weight excluding hydrogens is 580 g/mol. The second kappa shape index (κ2) is 11.5. The Morgan fingerprint density at radius 3 is 2.65 bits per heavy atom. The predicted octanol–water partition coefficient (Wildman–Crippen LogP) is 5.45. The van der Waals surface area contributed by atoms with Crippen molar-refractivity contribution in [1.29, 1.82) is 0 Å². The van der Waals surface area contributed by atoms with E-state index < -0.39 is 18.5 Å². The highest BCUT2D eigenvalue weighted by molar-refractivity contribution is 6.29. The number of hydrogen-bond donors (Lipinski definition) is 1. The highest BCUT2D eigenvalue weighted by atomic mass is 35.5. The topological polar surface area (TPSA) is 125 Å². The largest absolute Gasteiger partial charge is 0.333 e. The van der Waals surface area contributed by atoms with Crippen molar-refractivity contribution in [3.8, 4) is 28.3 Å². The summed E-state index contributed by atoms with van der Waals surface area (Å²) in [6.45, 7) is 0.753. The molecule has 1 aromatic carbocycles. The molecular formula is C29H26ClF2N9O2. The Hall–Kier alpha value is -4.78. The van der Waals surface area contributed by atoms with E-state index in [0.29, 0.717) is 46.5 Å². The number of aromatic nitrogens is 8. The molecule has 0 fully saturated rings. The number of rotatable bonds is 4. The Balaban J connectivity index is 1.45. The molecule has 5 aromatic rings. The van der Waals surface area contributed by atoms with Crippen LogP contribution < -0.4 is 10.9 Å².